The summed E-state index contributed by atoms with van der Waals surface area (Å²) in [6.45, 7) is 0.0589. The Kier molecular flexibility index (Phi) is 4.90. The number of halogens is 1. The van der Waals surface area contributed by atoms with E-state index in [1.807, 2.05) is 6.07 Å². The molecule has 0 saturated carbocycles. The number of aliphatic carboxylic acids is 1. The molecule has 108 valence electrons. The highest BCUT2D eigenvalue weighted by Crippen LogP contribution is 2.21. The van der Waals surface area contributed by atoms with Gasteiger partial charge in [-0.1, -0.05) is 29.8 Å². The lowest BCUT2D eigenvalue weighted by Crippen LogP contribution is -2.33. The highest BCUT2D eigenvalue weighted by Gasteiger charge is 2.20. The second kappa shape index (κ2) is 6.85. The number of para-hydroxylation sites is 1. The first-order valence-electron chi connectivity index (χ1n) is 6.28. The fourth-order valence-electron chi connectivity index (χ4n) is 1.84. The van der Waals surface area contributed by atoms with Gasteiger partial charge in [-0.25, -0.2) is 0 Å². The number of amides is 1. The average Bonchev–Trinajstić information content (AvgIpc) is 2.48. The Morgan fingerprint density at radius 2 is 1.90 bits per heavy atom. The predicted molar refractivity (Wildman–Crippen MR) is 79.6 cm³/mol. The number of hydrogen-bond donors (Lipinski definition) is 1. The molecule has 0 fully saturated rings. The zero-order valence-corrected chi connectivity index (χ0v) is 11.8. The number of aromatic nitrogens is 1. The number of rotatable bonds is 5. The Balaban J connectivity index is 2.33. The summed E-state index contributed by atoms with van der Waals surface area (Å²) in [6, 6.07) is 10.4. The molecule has 21 heavy (non-hydrogen) atoms. The van der Waals surface area contributed by atoms with Gasteiger partial charge in [0, 0.05) is 24.6 Å². The van der Waals surface area contributed by atoms with Crippen LogP contribution in [0.15, 0.2) is 48.8 Å². The molecule has 0 aliphatic rings. The van der Waals surface area contributed by atoms with Crippen LogP contribution >= 0.6 is 11.6 Å². The molecular weight excluding hydrogens is 292 g/mol. The van der Waals surface area contributed by atoms with Crippen molar-refractivity contribution in [2.24, 2.45) is 0 Å². The van der Waals surface area contributed by atoms with E-state index in [0.717, 1.165) is 0 Å². The van der Waals surface area contributed by atoms with Crippen LogP contribution in [0.3, 0.4) is 0 Å². The molecule has 6 heteroatoms. The van der Waals surface area contributed by atoms with Crippen LogP contribution in [-0.4, -0.2) is 28.5 Å². The van der Waals surface area contributed by atoms with Crippen LogP contribution in [0, 0.1) is 0 Å². The maximum atomic E-state index is 12.6. The van der Waals surface area contributed by atoms with E-state index in [2.05, 4.69) is 4.98 Å². The van der Waals surface area contributed by atoms with Crippen molar-refractivity contribution >= 4 is 29.2 Å². The monoisotopic (exact) mass is 304 g/mol. The zero-order chi connectivity index (χ0) is 15.2. The highest BCUT2D eigenvalue weighted by atomic mass is 35.5. The van der Waals surface area contributed by atoms with Crippen LogP contribution in [0.5, 0.6) is 0 Å². The Hall–Kier alpha value is -2.40. The van der Waals surface area contributed by atoms with Crippen LogP contribution in [0.4, 0.5) is 5.69 Å². The number of carbonyl (C=O) groups excluding carboxylic acids is 1. The summed E-state index contributed by atoms with van der Waals surface area (Å²) < 4.78 is 0. The van der Waals surface area contributed by atoms with Gasteiger partial charge in [0.05, 0.1) is 17.0 Å². The molecule has 0 saturated heterocycles. The van der Waals surface area contributed by atoms with Gasteiger partial charge in [-0.2, -0.15) is 0 Å². The molecule has 0 radical (unpaired) electrons. The molecule has 0 atom stereocenters. The molecule has 1 amide bonds. The minimum atomic E-state index is -0.971. The minimum Gasteiger partial charge on any atom is -0.481 e. The van der Waals surface area contributed by atoms with Gasteiger partial charge in [0.25, 0.3) is 5.91 Å². The molecule has 1 N–H and O–H groups in total. The molecule has 5 nitrogen and oxygen atoms in total. The summed E-state index contributed by atoms with van der Waals surface area (Å²) in [5.41, 5.74) is 0.858. The van der Waals surface area contributed by atoms with Crippen LogP contribution < -0.4 is 4.90 Å². The number of hydrogen-bond acceptors (Lipinski definition) is 3. The van der Waals surface area contributed by atoms with Gasteiger partial charge in [-0.15, -0.1) is 0 Å². The van der Waals surface area contributed by atoms with Crippen LogP contribution in [-0.2, 0) is 4.79 Å². The lowest BCUT2D eigenvalue weighted by molar-refractivity contribution is -0.136. The van der Waals surface area contributed by atoms with Crippen molar-refractivity contribution in [2.45, 2.75) is 6.42 Å². The second-order valence-electron chi connectivity index (χ2n) is 4.29. The van der Waals surface area contributed by atoms with Crippen molar-refractivity contribution in [3.8, 4) is 0 Å². The molecule has 0 aliphatic carbocycles. The third kappa shape index (κ3) is 3.79. The number of pyridine rings is 1. The third-order valence-corrected chi connectivity index (χ3v) is 3.19. The van der Waals surface area contributed by atoms with Crippen LogP contribution in [0.2, 0.25) is 5.02 Å². The van der Waals surface area contributed by atoms with E-state index in [1.54, 1.807) is 24.3 Å². The van der Waals surface area contributed by atoms with Crippen molar-refractivity contribution in [3.63, 3.8) is 0 Å². The van der Waals surface area contributed by atoms with Gasteiger partial charge >= 0.3 is 5.97 Å². The van der Waals surface area contributed by atoms with Gasteiger partial charge < -0.3 is 10.0 Å². The van der Waals surface area contributed by atoms with Crippen molar-refractivity contribution in [1.82, 2.24) is 4.98 Å². The molecule has 0 unspecified atom stereocenters. The SMILES string of the molecule is O=C(O)CCN(C(=O)c1cnccc1Cl)c1ccccc1. The summed E-state index contributed by atoms with van der Waals surface area (Å²) in [6.07, 6.45) is 2.71. The van der Waals surface area contributed by atoms with Crippen LogP contribution in [0.1, 0.15) is 16.8 Å². The third-order valence-electron chi connectivity index (χ3n) is 2.86. The topological polar surface area (TPSA) is 70.5 Å². The Labute approximate surface area is 126 Å². The number of anilines is 1. The van der Waals surface area contributed by atoms with E-state index in [4.69, 9.17) is 16.7 Å². The quantitative estimate of drug-likeness (QED) is 0.922. The van der Waals surface area contributed by atoms with E-state index in [1.165, 1.54) is 23.4 Å². The Morgan fingerprint density at radius 3 is 2.52 bits per heavy atom. The van der Waals surface area contributed by atoms with E-state index in [9.17, 15) is 9.59 Å². The maximum absolute atomic E-state index is 12.6. The number of carbonyl (C=O) groups is 2. The molecule has 0 aliphatic heterocycles. The first kappa shape index (κ1) is 15.0. The molecule has 1 aromatic heterocycles. The second-order valence-corrected chi connectivity index (χ2v) is 4.70. The molecular formula is C15H13ClN2O3. The van der Waals surface area contributed by atoms with Gasteiger partial charge in [-0.05, 0) is 18.2 Å². The fourth-order valence-corrected chi connectivity index (χ4v) is 2.03. The fraction of sp³-hybridized carbons (Fsp3) is 0.133. The number of nitrogens with zero attached hydrogens (tertiary/aromatic N) is 2. The standard InChI is InChI=1S/C15H13ClN2O3/c16-13-6-8-17-10-12(13)15(21)18(9-7-14(19)20)11-4-2-1-3-5-11/h1-6,8,10H,7,9H2,(H,19,20). The number of carboxylic acid groups (broad SMARTS) is 1. The van der Waals surface area contributed by atoms with E-state index in [-0.39, 0.29) is 29.5 Å². The molecule has 2 rings (SSSR count). The van der Waals surface area contributed by atoms with Gasteiger partial charge in [0.15, 0.2) is 0 Å². The normalized spacial score (nSPS) is 10.1. The van der Waals surface area contributed by atoms with E-state index >= 15 is 0 Å². The van der Waals surface area contributed by atoms with Gasteiger partial charge in [0.2, 0.25) is 0 Å². The van der Waals surface area contributed by atoms with Gasteiger partial charge in [-0.3, -0.25) is 14.6 Å². The number of carboxylic acids is 1. The molecule has 2 aromatic rings. The lowest BCUT2D eigenvalue weighted by Gasteiger charge is -2.22. The van der Waals surface area contributed by atoms with Gasteiger partial charge in [0.1, 0.15) is 0 Å². The van der Waals surface area contributed by atoms with Crippen molar-refractivity contribution in [3.05, 3.63) is 59.4 Å². The predicted octanol–water partition coefficient (Wildman–Crippen LogP) is 2.86. The van der Waals surface area contributed by atoms with E-state index < -0.39 is 5.97 Å². The Morgan fingerprint density at radius 1 is 1.19 bits per heavy atom. The molecule has 0 spiro atoms. The van der Waals surface area contributed by atoms with Crippen molar-refractivity contribution in [2.75, 3.05) is 11.4 Å². The zero-order valence-electron chi connectivity index (χ0n) is 11.1. The Bertz CT molecular complexity index is 646. The molecule has 0 bridgehead atoms. The smallest absolute Gasteiger partial charge is 0.305 e. The number of benzene rings is 1. The first-order chi connectivity index (χ1) is 10.1. The minimum absolute atomic E-state index is 0.0589. The van der Waals surface area contributed by atoms with Crippen molar-refractivity contribution < 1.29 is 14.7 Å². The summed E-state index contributed by atoms with van der Waals surface area (Å²) in [4.78, 5) is 28.6. The summed E-state index contributed by atoms with van der Waals surface area (Å²) in [7, 11) is 0. The largest absolute Gasteiger partial charge is 0.481 e. The summed E-state index contributed by atoms with van der Waals surface area (Å²) in [5.74, 6) is -1.35. The molecule has 1 heterocycles. The average molecular weight is 305 g/mol. The highest BCUT2D eigenvalue weighted by molar-refractivity contribution is 6.34. The summed E-state index contributed by atoms with van der Waals surface area (Å²) in [5, 5.41) is 9.12. The maximum Gasteiger partial charge on any atom is 0.305 e. The van der Waals surface area contributed by atoms with E-state index in [0.29, 0.717) is 5.69 Å². The first-order valence-corrected chi connectivity index (χ1v) is 6.65. The summed E-state index contributed by atoms with van der Waals surface area (Å²) >= 11 is 6.01. The molecule has 1 aromatic carbocycles. The van der Waals surface area contributed by atoms with Crippen LogP contribution in [0.25, 0.3) is 0 Å². The van der Waals surface area contributed by atoms with Crippen molar-refractivity contribution in [1.29, 1.82) is 0 Å². The lowest BCUT2D eigenvalue weighted by atomic mass is 10.2.